The van der Waals surface area contributed by atoms with Gasteiger partial charge in [0.15, 0.2) is 12.7 Å². The van der Waals surface area contributed by atoms with Gasteiger partial charge in [0, 0.05) is 15.7 Å². The molecule has 2 aromatic carbocycles. The largest absolute Gasteiger partial charge is 0.482 e. The first-order valence-electron chi connectivity index (χ1n) is 7.50. The van der Waals surface area contributed by atoms with Crippen molar-refractivity contribution in [3.05, 3.63) is 58.1 Å². The molecule has 132 valence electrons. The van der Waals surface area contributed by atoms with Crippen LogP contribution in [0.3, 0.4) is 0 Å². The molecule has 2 aromatic rings. The van der Waals surface area contributed by atoms with Crippen LogP contribution in [0.5, 0.6) is 5.75 Å². The highest BCUT2D eigenvalue weighted by Crippen LogP contribution is 2.21. The second kappa shape index (κ2) is 8.74. The summed E-state index contributed by atoms with van der Waals surface area (Å²) in [5.74, 6) is -0.564. The number of rotatable bonds is 6. The average Bonchev–Trinajstić information content (AvgIpc) is 2.56. The maximum absolute atomic E-state index is 12.0. The highest BCUT2D eigenvalue weighted by Gasteiger charge is 2.18. The molecule has 7 heteroatoms. The van der Waals surface area contributed by atoms with Crippen molar-refractivity contribution in [2.45, 2.75) is 20.0 Å². The summed E-state index contributed by atoms with van der Waals surface area (Å²) in [6.45, 7) is 2.99. The number of aryl methyl sites for hydroxylation is 1. The number of halogens is 2. The minimum absolute atomic E-state index is 0.305. The minimum Gasteiger partial charge on any atom is -0.482 e. The van der Waals surface area contributed by atoms with E-state index in [0.717, 1.165) is 5.56 Å². The molecule has 2 rings (SSSR count). The lowest BCUT2D eigenvalue weighted by molar-refractivity contribution is -0.155. The molecule has 0 aliphatic carbocycles. The molecule has 1 N–H and O–H groups in total. The van der Waals surface area contributed by atoms with E-state index in [9.17, 15) is 9.59 Å². The van der Waals surface area contributed by atoms with Gasteiger partial charge in [-0.2, -0.15) is 0 Å². The van der Waals surface area contributed by atoms with Crippen LogP contribution in [0, 0.1) is 6.92 Å². The number of amides is 1. The zero-order valence-electron chi connectivity index (χ0n) is 13.7. The maximum atomic E-state index is 12.0. The third-order valence-electron chi connectivity index (χ3n) is 3.27. The fraction of sp³-hybridized carbons (Fsp3) is 0.222. The van der Waals surface area contributed by atoms with E-state index < -0.39 is 18.0 Å². The molecule has 0 bridgehead atoms. The Hall–Kier alpha value is -2.24. The van der Waals surface area contributed by atoms with Crippen LogP contribution in [0.25, 0.3) is 0 Å². The zero-order valence-corrected chi connectivity index (χ0v) is 15.2. The Labute approximate surface area is 155 Å². The first kappa shape index (κ1) is 19.1. The maximum Gasteiger partial charge on any atom is 0.344 e. The Morgan fingerprint density at radius 2 is 1.72 bits per heavy atom. The second-order valence-electron chi connectivity index (χ2n) is 5.33. The Bertz CT molecular complexity index is 762. The molecule has 0 saturated heterocycles. The van der Waals surface area contributed by atoms with Crippen LogP contribution < -0.4 is 10.1 Å². The molecule has 0 unspecified atom stereocenters. The van der Waals surface area contributed by atoms with Crippen LogP contribution in [0.4, 0.5) is 5.69 Å². The number of benzene rings is 2. The SMILES string of the molecule is Cc1cc(Cl)ccc1OCC(=O)O[C@H](C)C(=O)Nc1ccc(Cl)cc1. The Kier molecular flexibility index (Phi) is 6.67. The van der Waals surface area contributed by atoms with E-state index in [0.29, 0.717) is 21.5 Å². The van der Waals surface area contributed by atoms with Gasteiger partial charge < -0.3 is 14.8 Å². The lowest BCUT2D eigenvalue weighted by Crippen LogP contribution is -2.31. The molecule has 0 saturated carbocycles. The van der Waals surface area contributed by atoms with Crippen molar-refractivity contribution in [1.29, 1.82) is 0 Å². The summed E-state index contributed by atoms with van der Waals surface area (Å²) in [5, 5.41) is 3.78. The number of hydrogen-bond donors (Lipinski definition) is 1. The summed E-state index contributed by atoms with van der Waals surface area (Å²) in [6.07, 6.45) is -0.960. The number of nitrogens with one attached hydrogen (secondary N) is 1. The van der Waals surface area contributed by atoms with E-state index in [1.807, 2.05) is 6.92 Å². The predicted molar refractivity (Wildman–Crippen MR) is 97.3 cm³/mol. The molecule has 0 fully saturated rings. The topological polar surface area (TPSA) is 64.6 Å². The quantitative estimate of drug-likeness (QED) is 0.759. The molecule has 0 heterocycles. The predicted octanol–water partition coefficient (Wildman–Crippen LogP) is 4.25. The van der Waals surface area contributed by atoms with Crippen molar-refractivity contribution in [2.75, 3.05) is 11.9 Å². The Morgan fingerprint density at radius 3 is 2.36 bits per heavy atom. The molecule has 25 heavy (non-hydrogen) atoms. The van der Waals surface area contributed by atoms with Gasteiger partial charge in [0.1, 0.15) is 5.75 Å². The molecule has 0 radical (unpaired) electrons. The van der Waals surface area contributed by atoms with E-state index in [2.05, 4.69) is 5.32 Å². The summed E-state index contributed by atoms with van der Waals surface area (Å²) in [5.41, 5.74) is 1.36. The lowest BCUT2D eigenvalue weighted by atomic mass is 10.2. The molecule has 1 amide bonds. The molecule has 0 spiro atoms. The van der Waals surface area contributed by atoms with Crippen LogP contribution in [0.15, 0.2) is 42.5 Å². The summed E-state index contributed by atoms with van der Waals surface area (Å²) < 4.78 is 10.5. The standard InChI is InChI=1S/C18H17Cl2NO4/c1-11-9-14(20)5-8-16(11)24-10-17(22)25-12(2)18(23)21-15-6-3-13(19)4-7-15/h3-9,12H,10H2,1-2H3,(H,21,23)/t12-/m1/s1. The van der Waals surface area contributed by atoms with Crippen LogP contribution in [-0.2, 0) is 14.3 Å². The number of hydrogen-bond acceptors (Lipinski definition) is 4. The van der Waals surface area contributed by atoms with Crippen LogP contribution >= 0.6 is 23.2 Å². The van der Waals surface area contributed by atoms with Crippen LogP contribution in [0.2, 0.25) is 10.0 Å². The average molecular weight is 382 g/mol. The second-order valence-corrected chi connectivity index (χ2v) is 6.20. The molecule has 5 nitrogen and oxygen atoms in total. The van der Waals surface area contributed by atoms with Gasteiger partial charge in [0.25, 0.3) is 5.91 Å². The van der Waals surface area contributed by atoms with E-state index in [1.54, 1.807) is 42.5 Å². The monoisotopic (exact) mass is 381 g/mol. The summed E-state index contributed by atoms with van der Waals surface area (Å²) in [7, 11) is 0. The normalized spacial score (nSPS) is 11.5. The van der Waals surface area contributed by atoms with Crippen molar-refractivity contribution in [2.24, 2.45) is 0 Å². The van der Waals surface area contributed by atoms with E-state index in [-0.39, 0.29) is 6.61 Å². The third-order valence-corrected chi connectivity index (χ3v) is 3.76. The smallest absolute Gasteiger partial charge is 0.344 e. The molecule has 0 aliphatic rings. The van der Waals surface area contributed by atoms with Gasteiger partial charge in [-0.25, -0.2) is 4.79 Å². The van der Waals surface area contributed by atoms with Gasteiger partial charge in [0.2, 0.25) is 0 Å². The number of carbonyl (C=O) groups is 2. The first-order chi connectivity index (χ1) is 11.8. The van der Waals surface area contributed by atoms with E-state index in [4.69, 9.17) is 32.7 Å². The van der Waals surface area contributed by atoms with E-state index >= 15 is 0 Å². The molecule has 0 aliphatic heterocycles. The molecular formula is C18H17Cl2NO4. The van der Waals surface area contributed by atoms with Crippen molar-refractivity contribution in [3.8, 4) is 5.75 Å². The van der Waals surface area contributed by atoms with Crippen molar-refractivity contribution >= 4 is 40.8 Å². The fourth-order valence-electron chi connectivity index (χ4n) is 1.97. The van der Waals surface area contributed by atoms with Gasteiger partial charge in [-0.05, 0) is 61.9 Å². The molecule has 0 aromatic heterocycles. The molecule has 1 atom stereocenters. The van der Waals surface area contributed by atoms with Crippen LogP contribution in [-0.4, -0.2) is 24.6 Å². The first-order valence-corrected chi connectivity index (χ1v) is 8.25. The number of ether oxygens (including phenoxy) is 2. The van der Waals surface area contributed by atoms with Gasteiger partial charge >= 0.3 is 5.97 Å². The fourth-order valence-corrected chi connectivity index (χ4v) is 2.33. The van der Waals surface area contributed by atoms with Crippen LogP contribution in [0.1, 0.15) is 12.5 Å². The highest BCUT2D eigenvalue weighted by atomic mass is 35.5. The minimum atomic E-state index is -0.960. The van der Waals surface area contributed by atoms with Gasteiger partial charge in [-0.1, -0.05) is 23.2 Å². The summed E-state index contributed by atoms with van der Waals surface area (Å²) in [4.78, 5) is 23.9. The summed E-state index contributed by atoms with van der Waals surface area (Å²) in [6, 6.07) is 11.7. The highest BCUT2D eigenvalue weighted by molar-refractivity contribution is 6.31. The van der Waals surface area contributed by atoms with Gasteiger partial charge in [0.05, 0.1) is 0 Å². The molecular weight excluding hydrogens is 365 g/mol. The van der Waals surface area contributed by atoms with Crippen molar-refractivity contribution < 1.29 is 19.1 Å². The number of carbonyl (C=O) groups excluding carboxylic acids is 2. The van der Waals surface area contributed by atoms with Gasteiger partial charge in [-0.15, -0.1) is 0 Å². The number of anilines is 1. The third kappa shape index (κ3) is 5.96. The zero-order chi connectivity index (χ0) is 18.4. The number of esters is 1. The Morgan fingerprint density at radius 1 is 1.08 bits per heavy atom. The summed E-state index contributed by atoms with van der Waals surface area (Å²) >= 11 is 11.6. The van der Waals surface area contributed by atoms with Gasteiger partial charge in [-0.3, -0.25) is 4.79 Å². The van der Waals surface area contributed by atoms with E-state index in [1.165, 1.54) is 6.92 Å². The van der Waals surface area contributed by atoms with Crippen molar-refractivity contribution in [3.63, 3.8) is 0 Å². The lowest BCUT2D eigenvalue weighted by Gasteiger charge is -2.14. The Balaban J connectivity index is 1.82. The van der Waals surface area contributed by atoms with Crippen molar-refractivity contribution in [1.82, 2.24) is 0 Å².